The van der Waals surface area contributed by atoms with Gasteiger partial charge < -0.3 is 47.4 Å². The van der Waals surface area contributed by atoms with Crippen molar-refractivity contribution in [2.75, 3.05) is 126 Å². The van der Waals surface area contributed by atoms with E-state index in [-0.39, 0.29) is 6.10 Å². The molecular weight excluding hydrogens is 568 g/mol. The molecule has 2 rings (SSSR count). The van der Waals surface area contributed by atoms with E-state index in [1.807, 2.05) is 36.4 Å². The van der Waals surface area contributed by atoms with Gasteiger partial charge in [0, 0.05) is 20.3 Å². The molecule has 0 aromatic heterocycles. The van der Waals surface area contributed by atoms with Crippen LogP contribution in [0.15, 0.2) is 60.7 Å². The van der Waals surface area contributed by atoms with Gasteiger partial charge in [0.05, 0.1) is 106 Å². The van der Waals surface area contributed by atoms with Crippen LogP contribution in [0.2, 0.25) is 0 Å². The number of hydrogen-bond acceptors (Lipinski definition) is 10. The third kappa shape index (κ3) is 21.7. The first kappa shape index (κ1) is 38.2. The lowest BCUT2D eigenvalue weighted by Gasteiger charge is -2.19. The summed E-state index contributed by atoms with van der Waals surface area (Å²) in [4.78, 5) is 0. The Balaban J connectivity index is 1.25. The lowest BCUT2D eigenvalue weighted by atomic mass is 10.0. The summed E-state index contributed by atoms with van der Waals surface area (Å²) in [6, 6.07) is 20.5. The molecule has 44 heavy (non-hydrogen) atoms. The fraction of sp³-hybridized carbons (Fsp3) is 0.647. The molecule has 0 fully saturated rings. The van der Waals surface area contributed by atoms with Crippen LogP contribution in [0.1, 0.15) is 30.1 Å². The first-order valence-electron chi connectivity index (χ1n) is 15.7. The molecule has 10 nitrogen and oxygen atoms in total. The molecule has 2 aromatic carbocycles. The molecule has 0 atom stereocenters. The van der Waals surface area contributed by atoms with Crippen LogP contribution in [-0.2, 0) is 47.4 Å². The highest BCUT2D eigenvalue weighted by Crippen LogP contribution is 2.25. The van der Waals surface area contributed by atoms with Gasteiger partial charge in [-0.2, -0.15) is 0 Å². The normalized spacial score (nSPS) is 11.5. The summed E-state index contributed by atoms with van der Waals surface area (Å²) in [5, 5.41) is 0. The molecule has 0 bridgehead atoms. The van der Waals surface area contributed by atoms with Gasteiger partial charge in [0.2, 0.25) is 0 Å². The van der Waals surface area contributed by atoms with Gasteiger partial charge in [0.25, 0.3) is 0 Å². The zero-order valence-corrected chi connectivity index (χ0v) is 26.6. The maximum atomic E-state index is 6.16. The van der Waals surface area contributed by atoms with Crippen LogP contribution in [0.5, 0.6) is 0 Å². The Morgan fingerprint density at radius 3 is 1.00 bits per heavy atom. The molecule has 250 valence electrons. The van der Waals surface area contributed by atoms with Crippen molar-refractivity contribution < 1.29 is 47.4 Å². The smallest absolute Gasteiger partial charge is 0.108 e. The average Bonchev–Trinajstić information content (AvgIpc) is 3.06. The molecule has 0 N–H and O–H groups in total. The summed E-state index contributed by atoms with van der Waals surface area (Å²) in [6.45, 7) is 10.2. The summed E-state index contributed by atoms with van der Waals surface area (Å²) in [6.07, 6.45) is 1.80. The van der Waals surface area contributed by atoms with E-state index >= 15 is 0 Å². The summed E-state index contributed by atoms with van der Waals surface area (Å²) < 4.78 is 55.2. The Hall–Kier alpha value is -1.96. The molecule has 10 heteroatoms. The minimum absolute atomic E-state index is 0.108. The summed E-state index contributed by atoms with van der Waals surface area (Å²) in [7, 11) is 1.65. The molecule has 2 aromatic rings. The lowest BCUT2D eigenvalue weighted by Crippen LogP contribution is -2.14. The molecule has 0 saturated carbocycles. The molecule has 0 heterocycles. The van der Waals surface area contributed by atoms with Crippen LogP contribution >= 0.6 is 0 Å². The third-order valence-electron chi connectivity index (χ3n) is 6.21. The highest BCUT2D eigenvalue weighted by Gasteiger charge is 2.14. The minimum Gasteiger partial charge on any atom is -0.382 e. The molecule has 0 aliphatic rings. The van der Waals surface area contributed by atoms with Crippen molar-refractivity contribution >= 4 is 0 Å². The van der Waals surface area contributed by atoms with Crippen molar-refractivity contribution in [2.24, 2.45) is 0 Å². The number of benzene rings is 2. The quantitative estimate of drug-likeness (QED) is 0.110. The van der Waals surface area contributed by atoms with Gasteiger partial charge in [-0.1, -0.05) is 60.7 Å². The second-order valence-corrected chi connectivity index (χ2v) is 9.67. The molecule has 0 spiro atoms. The summed E-state index contributed by atoms with van der Waals surface area (Å²) in [5.74, 6) is 0. The first-order chi connectivity index (χ1) is 21.9. The first-order valence-corrected chi connectivity index (χ1v) is 15.7. The van der Waals surface area contributed by atoms with Crippen molar-refractivity contribution in [3.63, 3.8) is 0 Å². The fourth-order valence-electron chi connectivity index (χ4n) is 3.94. The van der Waals surface area contributed by atoms with E-state index in [0.29, 0.717) is 119 Å². The van der Waals surface area contributed by atoms with E-state index in [2.05, 4.69) is 24.3 Å². The van der Waals surface area contributed by atoms with E-state index in [0.717, 1.165) is 24.0 Å². The predicted octanol–water partition coefficient (Wildman–Crippen LogP) is 4.35. The van der Waals surface area contributed by atoms with Crippen LogP contribution < -0.4 is 0 Å². The van der Waals surface area contributed by atoms with Gasteiger partial charge in [-0.05, 0) is 24.0 Å². The zero-order valence-electron chi connectivity index (χ0n) is 26.6. The fourth-order valence-corrected chi connectivity index (χ4v) is 3.94. The molecule has 0 radical (unpaired) electrons. The topological polar surface area (TPSA) is 92.3 Å². The predicted molar refractivity (Wildman–Crippen MR) is 168 cm³/mol. The van der Waals surface area contributed by atoms with Crippen molar-refractivity contribution in [1.29, 1.82) is 0 Å². The average molecular weight is 623 g/mol. The number of hydrogen-bond donors (Lipinski definition) is 0. The Labute approximate surface area is 264 Å². The van der Waals surface area contributed by atoms with E-state index in [1.165, 1.54) is 0 Å². The molecular formula is C34H54O10. The van der Waals surface area contributed by atoms with Crippen LogP contribution in [0, 0.1) is 0 Å². The van der Waals surface area contributed by atoms with Crippen LogP contribution in [0.4, 0.5) is 0 Å². The van der Waals surface area contributed by atoms with Gasteiger partial charge in [-0.15, -0.1) is 0 Å². The van der Waals surface area contributed by atoms with Gasteiger partial charge in [0.15, 0.2) is 0 Å². The minimum atomic E-state index is -0.108. The largest absolute Gasteiger partial charge is 0.382 e. The number of rotatable bonds is 32. The SMILES string of the molecule is COCCOCCOCCOCCOCCCCOCCOCCOCCOCCOC(c1ccccc1)c1ccccc1. The van der Waals surface area contributed by atoms with E-state index in [4.69, 9.17) is 47.4 Å². The third-order valence-corrected chi connectivity index (χ3v) is 6.21. The standard InChI is InChI=1S/C34H54O10/c1-35-16-17-38-22-23-41-26-24-39-20-18-36-14-8-9-15-37-19-21-40-25-27-42-28-29-43-30-31-44-34(32-10-4-2-5-11-32)33-12-6-3-7-13-33/h2-7,10-13,34H,8-9,14-31H2,1H3. The van der Waals surface area contributed by atoms with Crippen LogP contribution in [-0.4, -0.2) is 126 Å². The monoisotopic (exact) mass is 622 g/mol. The second kappa shape index (κ2) is 29.7. The van der Waals surface area contributed by atoms with E-state index < -0.39 is 0 Å². The van der Waals surface area contributed by atoms with Crippen molar-refractivity contribution in [1.82, 2.24) is 0 Å². The van der Waals surface area contributed by atoms with Crippen molar-refractivity contribution in [3.8, 4) is 0 Å². The van der Waals surface area contributed by atoms with Gasteiger partial charge in [0.1, 0.15) is 6.10 Å². The van der Waals surface area contributed by atoms with Crippen LogP contribution in [0.25, 0.3) is 0 Å². The second-order valence-electron chi connectivity index (χ2n) is 9.67. The summed E-state index contributed by atoms with van der Waals surface area (Å²) >= 11 is 0. The maximum absolute atomic E-state index is 6.16. The number of unbranched alkanes of at least 4 members (excludes halogenated alkanes) is 1. The van der Waals surface area contributed by atoms with Gasteiger partial charge >= 0.3 is 0 Å². The molecule has 0 aliphatic heterocycles. The van der Waals surface area contributed by atoms with Crippen LogP contribution in [0.3, 0.4) is 0 Å². The maximum Gasteiger partial charge on any atom is 0.108 e. The highest BCUT2D eigenvalue weighted by atomic mass is 16.6. The lowest BCUT2D eigenvalue weighted by molar-refractivity contribution is -0.0182. The van der Waals surface area contributed by atoms with Crippen molar-refractivity contribution in [3.05, 3.63) is 71.8 Å². The Morgan fingerprint density at radius 1 is 0.364 bits per heavy atom. The van der Waals surface area contributed by atoms with Gasteiger partial charge in [-0.3, -0.25) is 0 Å². The molecule has 0 amide bonds. The molecule has 0 saturated heterocycles. The Bertz CT molecular complexity index is 803. The summed E-state index contributed by atoms with van der Waals surface area (Å²) in [5.41, 5.74) is 2.26. The Morgan fingerprint density at radius 2 is 0.659 bits per heavy atom. The van der Waals surface area contributed by atoms with E-state index in [1.54, 1.807) is 7.11 Å². The Kier molecular flexibility index (Phi) is 25.8. The number of methoxy groups -OCH3 is 1. The number of ether oxygens (including phenoxy) is 10. The highest BCUT2D eigenvalue weighted by molar-refractivity contribution is 5.29. The molecule has 0 aliphatic carbocycles. The van der Waals surface area contributed by atoms with E-state index in [9.17, 15) is 0 Å². The van der Waals surface area contributed by atoms with Crippen molar-refractivity contribution in [2.45, 2.75) is 18.9 Å². The van der Waals surface area contributed by atoms with Gasteiger partial charge in [-0.25, -0.2) is 0 Å². The zero-order chi connectivity index (χ0) is 31.0. The molecule has 0 unspecified atom stereocenters.